The molecule has 2 aromatic rings. The number of anilines is 2. The predicted molar refractivity (Wildman–Crippen MR) is 103 cm³/mol. The highest BCUT2D eigenvalue weighted by molar-refractivity contribution is 5.97. The summed E-state index contributed by atoms with van der Waals surface area (Å²) in [6.07, 6.45) is 0.456. The molecule has 8 heteroatoms. The molecule has 1 aromatic heterocycles. The summed E-state index contributed by atoms with van der Waals surface area (Å²) in [6, 6.07) is 6.13. The van der Waals surface area contributed by atoms with E-state index in [2.05, 4.69) is 4.98 Å². The van der Waals surface area contributed by atoms with E-state index < -0.39 is 0 Å². The molecule has 0 saturated carbocycles. The van der Waals surface area contributed by atoms with Crippen molar-refractivity contribution in [3.63, 3.8) is 0 Å². The van der Waals surface area contributed by atoms with Gasteiger partial charge >= 0.3 is 0 Å². The Morgan fingerprint density at radius 3 is 2.82 bits per heavy atom. The van der Waals surface area contributed by atoms with Gasteiger partial charge in [-0.1, -0.05) is 6.07 Å². The van der Waals surface area contributed by atoms with Crippen LogP contribution in [0.3, 0.4) is 0 Å². The van der Waals surface area contributed by atoms with E-state index in [0.717, 1.165) is 0 Å². The van der Waals surface area contributed by atoms with E-state index in [1.54, 1.807) is 24.1 Å². The summed E-state index contributed by atoms with van der Waals surface area (Å²) in [7, 11) is 1.61. The maximum Gasteiger partial charge on any atom is 0.255 e. The highest BCUT2D eigenvalue weighted by Gasteiger charge is 2.33. The zero-order chi connectivity index (χ0) is 19.8. The van der Waals surface area contributed by atoms with E-state index in [4.69, 9.17) is 4.74 Å². The average Bonchev–Trinajstić information content (AvgIpc) is 3.03. The maximum atomic E-state index is 14.1. The molecule has 1 atom stereocenters. The molecule has 2 aliphatic heterocycles. The molecule has 1 fully saturated rings. The number of aromatic nitrogens is 2. The summed E-state index contributed by atoms with van der Waals surface area (Å²) >= 11 is 0. The predicted octanol–water partition coefficient (Wildman–Crippen LogP) is 1.28. The number of nitrogens with zero attached hydrogens (tertiary/aromatic N) is 4. The Bertz CT molecular complexity index is 968. The molecule has 1 saturated heterocycles. The number of amides is 1. The van der Waals surface area contributed by atoms with Gasteiger partial charge in [-0.05, 0) is 25.5 Å². The Labute approximate surface area is 162 Å². The van der Waals surface area contributed by atoms with Crippen LogP contribution in [0.15, 0.2) is 29.1 Å². The fraction of sp³-hybridized carbons (Fsp3) is 0.450. The summed E-state index contributed by atoms with van der Waals surface area (Å²) < 4.78 is 20.8. The number of hydrogen-bond donors (Lipinski definition) is 0. The largest absolute Gasteiger partial charge is 0.378 e. The molecule has 3 heterocycles. The summed E-state index contributed by atoms with van der Waals surface area (Å²) in [5.74, 6) is 0.476. The lowest BCUT2D eigenvalue weighted by molar-refractivity contribution is -0.118. The number of morpholine rings is 1. The minimum absolute atomic E-state index is 0.0236. The van der Waals surface area contributed by atoms with Crippen LogP contribution < -0.4 is 15.4 Å². The molecular weight excluding hydrogens is 363 g/mol. The molecule has 28 heavy (non-hydrogen) atoms. The second-order valence-corrected chi connectivity index (χ2v) is 7.26. The molecule has 1 aromatic carbocycles. The molecule has 0 N–H and O–H groups in total. The van der Waals surface area contributed by atoms with Crippen molar-refractivity contribution in [1.82, 2.24) is 9.55 Å². The second kappa shape index (κ2) is 7.35. The average molecular weight is 386 g/mol. The van der Waals surface area contributed by atoms with Crippen LogP contribution in [0, 0.1) is 5.82 Å². The fourth-order valence-electron chi connectivity index (χ4n) is 3.89. The number of ether oxygens (including phenoxy) is 1. The van der Waals surface area contributed by atoms with Gasteiger partial charge in [0.2, 0.25) is 5.91 Å². The minimum atomic E-state index is -0.292. The minimum Gasteiger partial charge on any atom is -0.378 e. The van der Waals surface area contributed by atoms with Gasteiger partial charge in [0.1, 0.15) is 17.5 Å². The van der Waals surface area contributed by atoms with E-state index >= 15 is 0 Å². The lowest BCUT2D eigenvalue weighted by Crippen LogP contribution is -2.40. The standard InChI is InChI=1S/C20H23FN4O3/c1-13-10-14-15(21)4-3-5-16(14)25(13)20(27)11-17-22-18(12-19(26)23(17)2)24-6-8-28-9-7-24/h3-5,12-13H,6-11H2,1-2H3/t13-/m1/s1. The Kier molecular flexibility index (Phi) is 4.89. The van der Waals surface area contributed by atoms with Gasteiger partial charge in [-0.2, -0.15) is 0 Å². The van der Waals surface area contributed by atoms with Gasteiger partial charge in [0.25, 0.3) is 5.56 Å². The first-order valence-corrected chi connectivity index (χ1v) is 9.45. The number of hydrogen-bond acceptors (Lipinski definition) is 5. The van der Waals surface area contributed by atoms with Crippen LogP contribution in [-0.4, -0.2) is 47.8 Å². The topological polar surface area (TPSA) is 67.7 Å². The van der Waals surface area contributed by atoms with Crippen LogP contribution >= 0.6 is 0 Å². The molecule has 0 unspecified atom stereocenters. The lowest BCUT2D eigenvalue weighted by Gasteiger charge is -2.28. The van der Waals surface area contributed by atoms with E-state index in [-0.39, 0.29) is 29.7 Å². The smallest absolute Gasteiger partial charge is 0.255 e. The van der Waals surface area contributed by atoms with Crippen LogP contribution in [0.2, 0.25) is 0 Å². The molecule has 0 bridgehead atoms. The van der Waals surface area contributed by atoms with E-state index in [9.17, 15) is 14.0 Å². The molecule has 1 amide bonds. The van der Waals surface area contributed by atoms with Gasteiger partial charge in [0.15, 0.2) is 0 Å². The van der Waals surface area contributed by atoms with Crippen molar-refractivity contribution in [1.29, 1.82) is 0 Å². The number of carbonyl (C=O) groups is 1. The number of fused-ring (bicyclic) bond motifs is 1. The molecule has 2 aliphatic rings. The monoisotopic (exact) mass is 386 g/mol. The van der Waals surface area contributed by atoms with Crippen molar-refractivity contribution in [2.45, 2.75) is 25.8 Å². The summed E-state index contributed by atoms with van der Waals surface area (Å²) in [4.78, 5) is 33.7. The number of halogens is 1. The van der Waals surface area contributed by atoms with E-state index in [1.165, 1.54) is 16.7 Å². The number of benzene rings is 1. The third kappa shape index (κ3) is 3.28. The summed E-state index contributed by atoms with van der Waals surface area (Å²) in [5.41, 5.74) is 0.958. The quantitative estimate of drug-likeness (QED) is 0.795. The highest BCUT2D eigenvalue weighted by Crippen LogP contribution is 2.34. The number of rotatable bonds is 3. The van der Waals surface area contributed by atoms with Crippen molar-refractivity contribution in [2.24, 2.45) is 7.05 Å². The van der Waals surface area contributed by atoms with Gasteiger partial charge in [-0.25, -0.2) is 9.37 Å². The molecule has 148 valence electrons. The van der Waals surface area contributed by atoms with Crippen molar-refractivity contribution in [3.05, 3.63) is 51.8 Å². The zero-order valence-corrected chi connectivity index (χ0v) is 16.0. The summed E-state index contributed by atoms with van der Waals surface area (Å²) in [5, 5.41) is 0. The first kappa shape index (κ1) is 18.6. The van der Waals surface area contributed by atoms with Crippen molar-refractivity contribution in [2.75, 3.05) is 36.1 Å². The first-order chi connectivity index (χ1) is 13.5. The molecule has 4 rings (SSSR count). The maximum absolute atomic E-state index is 14.1. The van der Waals surface area contributed by atoms with Gasteiger partial charge in [-0.15, -0.1) is 0 Å². The van der Waals surface area contributed by atoms with Crippen LogP contribution in [0.4, 0.5) is 15.9 Å². The lowest BCUT2D eigenvalue weighted by atomic mass is 10.1. The van der Waals surface area contributed by atoms with Gasteiger partial charge in [0.05, 0.1) is 25.3 Å². The van der Waals surface area contributed by atoms with Gasteiger partial charge in [-0.3, -0.25) is 14.2 Å². The van der Waals surface area contributed by atoms with Crippen LogP contribution in [0.1, 0.15) is 18.3 Å². The molecule has 0 spiro atoms. The summed E-state index contributed by atoms with van der Waals surface area (Å²) in [6.45, 7) is 4.37. The highest BCUT2D eigenvalue weighted by atomic mass is 19.1. The zero-order valence-electron chi connectivity index (χ0n) is 16.0. The molecule has 7 nitrogen and oxygen atoms in total. The molecule has 0 radical (unpaired) electrons. The Morgan fingerprint density at radius 1 is 1.32 bits per heavy atom. The normalized spacial score (nSPS) is 19.0. The van der Waals surface area contributed by atoms with Gasteiger partial charge < -0.3 is 14.5 Å². The third-order valence-corrected chi connectivity index (χ3v) is 5.42. The fourth-order valence-corrected chi connectivity index (χ4v) is 3.89. The SMILES string of the molecule is C[C@@H]1Cc2c(F)cccc2N1C(=O)Cc1nc(N2CCOCC2)cc(=O)n1C. The number of carbonyl (C=O) groups excluding carboxylic acids is 1. The molecule has 0 aliphatic carbocycles. The van der Waals surface area contributed by atoms with Crippen molar-refractivity contribution in [3.8, 4) is 0 Å². The Balaban J connectivity index is 1.62. The Morgan fingerprint density at radius 2 is 2.07 bits per heavy atom. The van der Waals surface area contributed by atoms with E-state index in [0.29, 0.717) is 55.6 Å². The van der Waals surface area contributed by atoms with E-state index in [1.807, 2.05) is 11.8 Å². The van der Waals surface area contributed by atoms with Crippen molar-refractivity contribution >= 4 is 17.4 Å². The Hall–Kier alpha value is -2.74. The van der Waals surface area contributed by atoms with Crippen molar-refractivity contribution < 1.29 is 13.9 Å². The van der Waals surface area contributed by atoms with Crippen LogP contribution in [-0.2, 0) is 29.4 Å². The molecular formula is C20H23FN4O3. The van der Waals surface area contributed by atoms with Crippen LogP contribution in [0.5, 0.6) is 0 Å². The second-order valence-electron chi connectivity index (χ2n) is 7.26. The third-order valence-electron chi connectivity index (χ3n) is 5.42. The first-order valence-electron chi connectivity index (χ1n) is 9.45. The van der Waals surface area contributed by atoms with Gasteiger partial charge in [0, 0.05) is 37.8 Å². The van der Waals surface area contributed by atoms with Crippen LogP contribution in [0.25, 0.3) is 0 Å².